The van der Waals surface area contributed by atoms with E-state index in [1.165, 1.54) is 5.56 Å². The summed E-state index contributed by atoms with van der Waals surface area (Å²) in [6.45, 7) is 2.75. The van der Waals surface area contributed by atoms with Crippen LogP contribution in [0.1, 0.15) is 18.5 Å². The Morgan fingerprint density at radius 3 is 2.79 bits per heavy atom. The zero-order chi connectivity index (χ0) is 10.0. The number of hydrogen-bond acceptors (Lipinski definition) is 3. The summed E-state index contributed by atoms with van der Waals surface area (Å²) in [5.41, 5.74) is 1.00. The Hall–Kier alpha value is -0.510. The second-order valence-corrected chi connectivity index (χ2v) is 4.12. The SMILES string of the molecule is CC1(CS)N[C@H](c2ccccc2)CO1. The van der Waals surface area contributed by atoms with E-state index in [1.54, 1.807) is 0 Å². The highest BCUT2D eigenvalue weighted by atomic mass is 32.1. The first-order valence-corrected chi connectivity index (χ1v) is 5.44. The third kappa shape index (κ3) is 1.95. The van der Waals surface area contributed by atoms with Crippen LogP contribution in [0.3, 0.4) is 0 Å². The maximum atomic E-state index is 5.67. The average Bonchev–Trinajstić information content (AvgIpc) is 2.63. The topological polar surface area (TPSA) is 21.3 Å². The molecule has 1 heterocycles. The van der Waals surface area contributed by atoms with Gasteiger partial charge in [0.25, 0.3) is 0 Å². The molecule has 0 radical (unpaired) electrons. The van der Waals surface area contributed by atoms with Gasteiger partial charge in [0.1, 0.15) is 5.72 Å². The summed E-state index contributed by atoms with van der Waals surface area (Å²) < 4.78 is 5.67. The zero-order valence-corrected chi connectivity index (χ0v) is 9.13. The van der Waals surface area contributed by atoms with E-state index in [0.29, 0.717) is 11.8 Å². The van der Waals surface area contributed by atoms with Gasteiger partial charge in [0.05, 0.1) is 12.6 Å². The average molecular weight is 209 g/mol. The second kappa shape index (κ2) is 3.93. The Balaban J connectivity index is 2.10. The quantitative estimate of drug-likeness (QED) is 0.727. The van der Waals surface area contributed by atoms with Crippen molar-refractivity contribution >= 4 is 12.6 Å². The minimum Gasteiger partial charge on any atom is -0.358 e. The molecule has 0 spiro atoms. The molecule has 1 aliphatic heterocycles. The second-order valence-electron chi connectivity index (χ2n) is 3.81. The van der Waals surface area contributed by atoms with Gasteiger partial charge in [-0.3, -0.25) is 5.32 Å². The Morgan fingerprint density at radius 1 is 1.50 bits per heavy atom. The van der Waals surface area contributed by atoms with Crippen molar-refractivity contribution in [2.45, 2.75) is 18.7 Å². The molecule has 3 heteroatoms. The molecule has 0 saturated carbocycles. The van der Waals surface area contributed by atoms with E-state index < -0.39 is 0 Å². The molecule has 1 N–H and O–H groups in total. The third-order valence-corrected chi connectivity index (χ3v) is 3.16. The van der Waals surface area contributed by atoms with E-state index in [4.69, 9.17) is 4.74 Å². The van der Waals surface area contributed by atoms with Gasteiger partial charge in [-0.25, -0.2) is 0 Å². The summed E-state index contributed by atoms with van der Waals surface area (Å²) in [4.78, 5) is 0. The van der Waals surface area contributed by atoms with Gasteiger partial charge < -0.3 is 4.74 Å². The van der Waals surface area contributed by atoms with E-state index in [-0.39, 0.29) is 5.72 Å². The van der Waals surface area contributed by atoms with Gasteiger partial charge in [-0.15, -0.1) is 0 Å². The van der Waals surface area contributed by atoms with Crippen LogP contribution in [-0.2, 0) is 4.74 Å². The molecule has 14 heavy (non-hydrogen) atoms. The fourth-order valence-electron chi connectivity index (χ4n) is 1.68. The molecular weight excluding hydrogens is 194 g/mol. The summed E-state index contributed by atoms with van der Waals surface area (Å²) in [6.07, 6.45) is 0. The van der Waals surface area contributed by atoms with Crippen LogP contribution >= 0.6 is 12.6 Å². The molecule has 1 aliphatic rings. The number of rotatable bonds is 2. The maximum absolute atomic E-state index is 5.67. The first kappa shape index (κ1) is 10.0. The van der Waals surface area contributed by atoms with Crippen molar-refractivity contribution in [1.29, 1.82) is 0 Å². The molecule has 2 nitrogen and oxygen atoms in total. The molecule has 1 fully saturated rings. The smallest absolute Gasteiger partial charge is 0.125 e. The van der Waals surface area contributed by atoms with Gasteiger partial charge in [0, 0.05) is 5.75 Å². The fourth-order valence-corrected chi connectivity index (χ4v) is 1.86. The summed E-state index contributed by atoms with van der Waals surface area (Å²) >= 11 is 4.27. The molecule has 1 unspecified atom stereocenters. The number of nitrogens with one attached hydrogen (secondary N) is 1. The van der Waals surface area contributed by atoms with Crippen LogP contribution in [0.15, 0.2) is 30.3 Å². The standard InChI is InChI=1S/C11H15NOS/c1-11(8-14)12-10(7-13-11)9-5-3-2-4-6-9/h2-6,10,12,14H,7-8H2,1H3/t10-,11?/m0/s1. The predicted molar refractivity (Wildman–Crippen MR) is 60.5 cm³/mol. The van der Waals surface area contributed by atoms with Crippen LogP contribution in [0.4, 0.5) is 0 Å². The summed E-state index contributed by atoms with van der Waals surface area (Å²) in [7, 11) is 0. The van der Waals surface area contributed by atoms with Crippen LogP contribution in [-0.4, -0.2) is 18.1 Å². The molecule has 1 aromatic rings. The van der Waals surface area contributed by atoms with Crippen molar-refractivity contribution in [3.8, 4) is 0 Å². The monoisotopic (exact) mass is 209 g/mol. The highest BCUT2D eigenvalue weighted by Gasteiger charge is 2.34. The third-order valence-electron chi connectivity index (χ3n) is 2.55. The minimum atomic E-state index is -0.274. The Kier molecular flexibility index (Phi) is 2.81. The summed E-state index contributed by atoms with van der Waals surface area (Å²) in [5, 5.41) is 3.43. The van der Waals surface area contributed by atoms with Crippen LogP contribution in [0, 0.1) is 0 Å². The van der Waals surface area contributed by atoms with Crippen molar-refractivity contribution in [3.63, 3.8) is 0 Å². The van der Waals surface area contributed by atoms with Crippen molar-refractivity contribution in [1.82, 2.24) is 5.32 Å². The molecule has 1 saturated heterocycles. The molecule has 2 atom stereocenters. The van der Waals surface area contributed by atoms with E-state index in [0.717, 1.165) is 6.61 Å². The van der Waals surface area contributed by atoms with E-state index in [2.05, 4.69) is 30.1 Å². The van der Waals surface area contributed by atoms with E-state index >= 15 is 0 Å². The molecule has 76 valence electrons. The lowest BCUT2D eigenvalue weighted by Gasteiger charge is -2.21. The number of hydrogen-bond donors (Lipinski definition) is 2. The highest BCUT2D eigenvalue weighted by Crippen LogP contribution is 2.26. The van der Waals surface area contributed by atoms with Crippen molar-refractivity contribution < 1.29 is 4.74 Å². The number of ether oxygens (including phenoxy) is 1. The molecule has 1 aromatic carbocycles. The Labute approximate surface area is 90.1 Å². The first-order valence-electron chi connectivity index (χ1n) is 4.81. The van der Waals surface area contributed by atoms with Gasteiger partial charge in [-0.05, 0) is 12.5 Å². The minimum absolute atomic E-state index is 0.274. The van der Waals surface area contributed by atoms with Crippen molar-refractivity contribution in [2.24, 2.45) is 0 Å². The van der Waals surface area contributed by atoms with Gasteiger partial charge in [0.2, 0.25) is 0 Å². The molecule has 0 bridgehead atoms. The van der Waals surface area contributed by atoms with Crippen LogP contribution < -0.4 is 5.32 Å². The van der Waals surface area contributed by atoms with Gasteiger partial charge in [0.15, 0.2) is 0 Å². The van der Waals surface area contributed by atoms with Crippen molar-refractivity contribution in [3.05, 3.63) is 35.9 Å². The summed E-state index contributed by atoms with van der Waals surface area (Å²) in [5.74, 6) is 0.691. The molecule has 2 rings (SSSR count). The predicted octanol–water partition coefficient (Wildman–Crippen LogP) is 1.99. The molecule has 0 amide bonds. The number of benzene rings is 1. The molecule has 0 aromatic heterocycles. The van der Waals surface area contributed by atoms with Crippen LogP contribution in [0.5, 0.6) is 0 Å². The number of thiol groups is 1. The lowest BCUT2D eigenvalue weighted by molar-refractivity contribution is 0.0277. The van der Waals surface area contributed by atoms with E-state index in [1.807, 2.05) is 25.1 Å². The van der Waals surface area contributed by atoms with Gasteiger partial charge in [-0.1, -0.05) is 30.3 Å². The summed E-state index contributed by atoms with van der Waals surface area (Å²) in [6, 6.07) is 10.7. The first-order chi connectivity index (χ1) is 6.73. The van der Waals surface area contributed by atoms with Gasteiger partial charge in [-0.2, -0.15) is 12.6 Å². The van der Waals surface area contributed by atoms with Crippen LogP contribution in [0.25, 0.3) is 0 Å². The normalized spacial score (nSPS) is 32.0. The fraction of sp³-hybridized carbons (Fsp3) is 0.455. The molecule has 0 aliphatic carbocycles. The Bertz CT molecular complexity index is 303. The van der Waals surface area contributed by atoms with Gasteiger partial charge >= 0.3 is 0 Å². The maximum Gasteiger partial charge on any atom is 0.125 e. The van der Waals surface area contributed by atoms with Crippen molar-refractivity contribution in [2.75, 3.05) is 12.4 Å². The van der Waals surface area contributed by atoms with Crippen LogP contribution in [0.2, 0.25) is 0 Å². The highest BCUT2D eigenvalue weighted by molar-refractivity contribution is 7.80. The molecular formula is C11H15NOS. The Morgan fingerprint density at radius 2 is 2.21 bits per heavy atom. The largest absolute Gasteiger partial charge is 0.358 e. The zero-order valence-electron chi connectivity index (χ0n) is 8.23. The lowest BCUT2D eigenvalue weighted by atomic mass is 10.1. The lowest BCUT2D eigenvalue weighted by Crippen LogP contribution is -2.40. The van der Waals surface area contributed by atoms with E-state index in [9.17, 15) is 0 Å².